The fourth-order valence-corrected chi connectivity index (χ4v) is 4.07. The molecule has 0 saturated heterocycles. The lowest BCUT2D eigenvalue weighted by molar-refractivity contribution is 0.0418. The Balaban J connectivity index is 1.42. The molecule has 32 heavy (non-hydrogen) atoms. The average Bonchev–Trinajstić information content (AvgIpc) is 2.76. The van der Waals surface area contributed by atoms with Crippen molar-refractivity contribution in [1.82, 2.24) is 9.97 Å². The van der Waals surface area contributed by atoms with Crippen LogP contribution >= 0.6 is 0 Å². The monoisotopic (exact) mass is 430 g/mol. The van der Waals surface area contributed by atoms with Crippen LogP contribution in [0.3, 0.4) is 0 Å². The quantitative estimate of drug-likeness (QED) is 0.533. The molecule has 0 atom stereocenters. The zero-order valence-electron chi connectivity index (χ0n) is 17.5. The van der Waals surface area contributed by atoms with Crippen molar-refractivity contribution in [2.45, 2.75) is 25.9 Å². The highest BCUT2D eigenvalue weighted by Gasteiger charge is 2.32. The van der Waals surface area contributed by atoms with Crippen molar-refractivity contribution in [3.8, 4) is 23.1 Å². The molecule has 1 aliphatic heterocycles. The maximum absolute atomic E-state index is 12.2. The molecule has 1 aliphatic carbocycles. The number of carbonyl (C=O) groups is 1. The predicted molar refractivity (Wildman–Crippen MR) is 120 cm³/mol. The Labute approximate surface area is 184 Å². The second-order valence-electron chi connectivity index (χ2n) is 8.06. The first-order chi connectivity index (χ1) is 15.5. The molecule has 1 amide bonds. The predicted octanol–water partition coefficient (Wildman–Crippen LogP) is 3.84. The molecule has 9 heteroatoms. The minimum absolute atomic E-state index is 0.0312. The van der Waals surface area contributed by atoms with Crippen molar-refractivity contribution in [1.29, 1.82) is 5.26 Å². The number of rotatable bonds is 3. The summed E-state index contributed by atoms with van der Waals surface area (Å²) in [6.07, 6.45) is 3.76. The van der Waals surface area contributed by atoms with Crippen LogP contribution in [0.2, 0.25) is 0 Å². The number of nitrogens with one attached hydrogen (secondary N) is 2. The van der Waals surface area contributed by atoms with Gasteiger partial charge >= 0.3 is 6.09 Å². The van der Waals surface area contributed by atoms with E-state index in [0.717, 1.165) is 39.7 Å². The van der Waals surface area contributed by atoms with Crippen molar-refractivity contribution in [2.75, 3.05) is 29.5 Å². The van der Waals surface area contributed by atoms with Gasteiger partial charge in [0.1, 0.15) is 24.2 Å². The summed E-state index contributed by atoms with van der Waals surface area (Å²) in [4.78, 5) is 20.9. The van der Waals surface area contributed by atoms with Crippen LogP contribution in [-0.2, 0) is 4.74 Å². The van der Waals surface area contributed by atoms with E-state index in [1.807, 2.05) is 19.1 Å². The van der Waals surface area contributed by atoms with Gasteiger partial charge in [-0.1, -0.05) is 0 Å². The minimum Gasteiger partial charge on any atom is -0.474 e. The van der Waals surface area contributed by atoms with E-state index in [-0.39, 0.29) is 12.0 Å². The lowest BCUT2D eigenvalue weighted by atomic mass is 9.84. The van der Waals surface area contributed by atoms with Crippen LogP contribution < -0.4 is 21.1 Å². The summed E-state index contributed by atoms with van der Waals surface area (Å²) in [6.45, 7) is 3.34. The topological polar surface area (TPSA) is 135 Å². The zero-order valence-corrected chi connectivity index (χ0v) is 17.5. The lowest BCUT2D eigenvalue weighted by Gasteiger charge is -2.29. The number of hydrogen-bond acceptors (Lipinski definition) is 8. The number of hydrogen-bond donors (Lipinski definition) is 3. The van der Waals surface area contributed by atoms with Gasteiger partial charge in [0.05, 0.1) is 12.0 Å². The van der Waals surface area contributed by atoms with E-state index < -0.39 is 6.09 Å². The number of benzene rings is 1. The zero-order chi connectivity index (χ0) is 22.2. The molecule has 0 unspecified atom stereocenters. The fourth-order valence-electron chi connectivity index (χ4n) is 4.07. The molecule has 3 heterocycles. The van der Waals surface area contributed by atoms with Gasteiger partial charge < -0.3 is 20.5 Å². The van der Waals surface area contributed by atoms with Crippen molar-refractivity contribution in [3.63, 3.8) is 0 Å². The molecule has 9 nitrogen and oxygen atoms in total. The number of pyridine rings is 2. The third kappa shape index (κ3) is 3.60. The molecule has 0 radical (unpaired) electrons. The number of anilines is 3. The molecule has 5 rings (SSSR count). The Morgan fingerprint density at radius 2 is 2.16 bits per heavy atom. The molecular weight excluding hydrogens is 408 g/mol. The number of nitrogens with two attached hydrogens (primary N) is 1. The van der Waals surface area contributed by atoms with E-state index in [4.69, 9.17) is 20.5 Å². The second-order valence-corrected chi connectivity index (χ2v) is 8.06. The second kappa shape index (κ2) is 7.89. The van der Waals surface area contributed by atoms with E-state index in [9.17, 15) is 4.79 Å². The molecular formula is C23H22N6O3. The van der Waals surface area contributed by atoms with Crippen molar-refractivity contribution < 1.29 is 14.3 Å². The van der Waals surface area contributed by atoms with Crippen LogP contribution in [0.1, 0.15) is 18.4 Å². The van der Waals surface area contributed by atoms with Crippen LogP contribution in [0.5, 0.6) is 5.88 Å². The van der Waals surface area contributed by atoms with Crippen LogP contribution in [0.15, 0.2) is 30.6 Å². The minimum atomic E-state index is -0.580. The molecule has 162 valence electrons. The molecule has 3 aromatic rings. The lowest BCUT2D eigenvalue weighted by Crippen LogP contribution is -2.34. The van der Waals surface area contributed by atoms with Crippen molar-refractivity contribution in [3.05, 3.63) is 36.2 Å². The number of nitrogens with zero attached hydrogens (tertiary/aromatic N) is 3. The molecule has 0 bridgehead atoms. The summed E-state index contributed by atoms with van der Waals surface area (Å²) < 4.78 is 10.9. The van der Waals surface area contributed by atoms with Crippen LogP contribution in [0.4, 0.5) is 22.0 Å². The molecule has 0 spiro atoms. The van der Waals surface area contributed by atoms with Gasteiger partial charge in [-0.2, -0.15) is 5.26 Å². The van der Waals surface area contributed by atoms with E-state index in [1.54, 1.807) is 18.5 Å². The van der Waals surface area contributed by atoms with Crippen LogP contribution in [-0.4, -0.2) is 35.3 Å². The van der Waals surface area contributed by atoms with E-state index >= 15 is 0 Å². The number of aromatic nitrogens is 2. The molecule has 1 saturated carbocycles. The fraction of sp³-hybridized carbons (Fsp3) is 0.304. The van der Waals surface area contributed by atoms with Gasteiger partial charge in [-0.05, 0) is 41.6 Å². The summed E-state index contributed by atoms with van der Waals surface area (Å²) in [5, 5.41) is 16.5. The molecule has 1 fully saturated rings. The molecule has 2 aromatic heterocycles. The summed E-state index contributed by atoms with van der Waals surface area (Å²) in [6, 6.07) is 7.82. The highest BCUT2D eigenvalue weighted by atomic mass is 16.6. The van der Waals surface area contributed by atoms with Gasteiger partial charge in [0, 0.05) is 48.4 Å². The maximum Gasteiger partial charge on any atom is 0.413 e. The Morgan fingerprint density at radius 3 is 2.97 bits per heavy atom. The first-order valence-corrected chi connectivity index (χ1v) is 10.4. The normalized spacial score (nSPS) is 19.0. The SMILES string of the molecule is Cc1c(-c2cc(N)c3cnc(NC(=O)O[C@H]4C[C@@H](C#N)C4)cc3c2)cnc2c1NCCO2. The smallest absolute Gasteiger partial charge is 0.413 e. The number of fused-ring (bicyclic) bond motifs is 2. The van der Waals surface area contributed by atoms with Gasteiger partial charge in [0.2, 0.25) is 5.88 Å². The number of nitriles is 1. The van der Waals surface area contributed by atoms with E-state index in [0.29, 0.717) is 36.8 Å². The van der Waals surface area contributed by atoms with E-state index in [1.165, 1.54) is 0 Å². The van der Waals surface area contributed by atoms with Gasteiger partial charge in [-0.25, -0.2) is 14.8 Å². The largest absolute Gasteiger partial charge is 0.474 e. The van der Waals surface area contributed by atoms with Gasteiger partial charge in [0.15, 0.2) is 0 Å². The van der Waals surface area contributed by atoms with Crippen LogP contribution in [0, 0.1) is 24.2 Å². The van der Waals surface area contributed by atoms with E-state index in [2.05, 4.69) is 26.7 Å². The third-order valence-electron chi connectivity index (χ3n) is 5.91. The van der Waals surface area contributed by atoms with Crippen molar-refractivity contribution >= 4 is 34.1 Å². The first-order valence-electron chi connectivity index (χ1n) is 10.4. The summed E-state index contributed by atoms with van der Waals surface area (Å²) in [7, 11) is 0. The Bertz CT molecular complexity index is 1260. The maximum atomic E-state index is 12.2. The van der Waals surface area contributed by atoms with Gasteiger partial charge in [-0.15, -0.1) is 0 Å². The third-order valence-corrected chi connectivity index (χ3v) is 5.91. The summed E-state index contributed by atoms with van der Waals surface area (Å²) >= 11 is 0. The Morgan fingerprint density at radius 1 is 1.31 bits per heavy atom. The molecule has 2 aliphatic rings. The van der Waals surface area contributed by atoms with Gasteiger partial charge in [0.25, 0.3) is 0 Å². The number of amides is 1. The highest BCUT2D eigenvalue weighted by molar-refractivity contribution is 5.99. The number of nitrogen functional groups attached to an aromatic ring is 1. The summed E-state index contributed by atoms with van der Waals surface area (Å²) in [5.41, 5.74) is 10.7. The number of ether oxygens (including phenoxy) is 2. The Kier molecular flexibility index (Phi) is 4.90. The highest BCUT2D eigenvalue weighted by Crippen LogP contribution is 2.37. The average molecular weight is 430 g/mol. The Hall–Kier alpha value is -4.06. The number of carbonyl (C=O) groups excluding carboxylic acids is 1. The van der Waals surface area contributed by atoms with Crippen LogP contribution in [0.25, 0.3) is 21.9 Å². The van der Waals surface area contributed by atoms with Gasteiger partial charge in [-0.3, -0.25) is 5.32 Å². The summed E-state index contributed by atoms with van der Waals surface area (Å²) in [5.74, 6) is 0.940. The van der Waals surface area contributed by atoms with Crippen molar-refractivity contribution in [2.24, 2.45) is 5.92 Å². The first kappa shape index (κ1) is 19.9. The molecule has 4 N–H and O–H groups in total. The standard InChI is InChI=1S/C23H22N6O3/c1-12-17(10-28-22-21(12)26-2-3-31-22)14-6-15-8-20(27-11-18(15)19(25)7-14)29-23(30)32-16-4-13(5-16)9-24/h6-8,10-11,13,16,26H,2-5,25H2,1H3,(H,27,29,30)/t13-,16+. The molecule has 1 aromatic carbocycles.